The predicted molar refractivity (Wildman–Crippen MR) is 84.2 cm³/mol. The molecule has 1 unspecified atom stereocenters. The van der Waals surface area contributed by atoms with Gasteiger partial charge in [-0.2, -0.15) is 0 Å². The molecular weight excluding hydrogens is 270 g/mol. The van der Waals surface area contributed by atoms with Crippen molar-refractivity contribution in [2.24, 2.45) is 0 Å². The second-order valence-electron chi connectivity index (χ2n) is 6.04. The highest BCUT2D eigenvalue weighted by molar-refractivity contribution is 5.85. The number of rotatable bonds is 8. The molecule has 0 aromatic rings. The molecule has 21 heavy (non-hydrogen) atoms. The monoisotopic (exact) mass is 301 g/mol. The van der Waals surface area contributed by atoms with Gasteiger partial charge in [-0.25, -0.2) is 4.79 Å². The van der Waals surface area contributed by atoms with E-state index >= 15 is 0 Å². The van der Waals surface area contributed by atoms with E-state index in [1.165, 1.54) is 0 Å². The Hall–Kier alpha value is -1.30. The average molecular weight is 301 g/mol. The number of ether oxygens (including phenoxy) is 1. The molecule has 0 heterocycles. The van der Waals surface area contributed by atoms with Crippen LogP contribution in [0.1, 0.15) is 48.0 Å². The number of nitrogens with zero attached hydrogens (tertiary/aromatic N) is 1. The van der Waals surface area contributed by atoms with Crippen LogP contribution in [0.5, 0.6) is 0 Å². The van der Waals surface area contributed by atoms with Crippen molar-refractivity contribution in [3.63, 3.8) is 0 Å². The normalized spacial score (nSPS) is 12.9. The van der Waals surface area contributed by atoms with Gasteiger partial charge in [-0.05, 0) is 53.8 Å². The highest BCUT2D eigenvalue weighted by Crippen LogP contribution is 2.06. The van der Waals surface area contributed by atoms with Crippen molar-refractivity contribution >= 4 is 12.0 Å². The quantitative estimate of drug-likeness (QED) is 0.670. The minimum absolute atomic E-state index is 0.194. The van der Waals surface area contributed by atoms with Crippen molar-refractivity contribution in [1.82, 2.24) is 15.5 Å². The largest absolute Gasteiger partial charge is 0.444 e. The van der Waals surface area contributed by atoms with Crippen molar-refractivity contribution in [3.05, 3.63) is 0 Å². The van der Waals surface area contributed by atoms with Crippen LogP contribution in [0, 0.1) is 0 Å². The summed E-state index contributed by atoms with van der Waals surface area (Å²) in [6.45, 7) is 14.8. The minimum atomic E-state index is -0.603. The van der Waals surface area contributed by atoms with E-state index < -0.39 is 17.7 Å². The Morgan fingerprint density at radius 2 is 1.76 bits per heavy atom. The lowest BCUT2D eigenvalue weighted by molar-refractivity contribution is -0.122. The van der Waals surface area contributed by atoms with E-state index in [9.17, 15) is 9.59 Å². The zero-order valence-electron chi connectivity index (χ0n) is 14.3. The number of carbonyl (C=O) groups excluding carboxylic acids is 2. The maximum atomic E-state index is 11.8. The van der Waals surface area contributed by atoms with Gasteiger partial charge in [0.1, 0.15) is 11.6 Å². The smallest absolute Gasteiger partial charge is 0.408 e. The second kappa shape index (κ2) is 9.60. The number of nitrogens with one attached hydrogen (secondary N) is 2. The van der Waals surface area contributed by atoms with Gasteiger partial charge in [0.2, 0.25) is 5.91 Å². The SMILES string of the molecule is CCN(CC)CCCNC(=O)C(C)NC(=O)OC(C)(C)C. The van der Waals surface area contributed by atoms with Crippen LogP contribution in [-0.2, 0) is 9.53 Å². The first-order valence-electron chi connectivity index (χ1n) is 7.69. The van der Waals surface area contributed by atoms with E-state index in [4.69, 9.17) is 4.74 Å². The number of hydrogen-bond acceptors (Lipinski definition) is 4. The summed E-state index contributed by atoms with van der Waals surface area (Å²) in [4.78, 5) is 25.7. The van der Waals surface area contributed by atoms with Crippen molar-refractivity contribution in [1.29, 1.82) is 0 Å². The molecule has 6 heteroatoms. The molecule has 0 radical (unpaired) electrons. The van der Waals surface area contributed by atoms with Crippen LogP contribution < -0.4 is 10.6 Å². The maximum absolute atomic E-state index is 11.8. The van der Waals surface area contributed by atoms with Gasteiger partial charge in [-0.1, -0.05) is 13.8 Å². The number of alkyl carbamates (subject to hydrolysis) is 1. The first kappa shape index (κ1) is 19.7. The van der Waals surface area contributed by atoms with Gasteiger partial charge in [0.05, 0.1) is 0 Å². The van der Waals surface area contributed by atoms with Gasteiger partial charge in [0, 0.05) is 6.54 Å². The first-order valence-corrected chi connectivity index (χ1v) is 7.69. The Balaban J connectivity index is 3.93. The van der Waals surface area contributed by atoms with Crippen molar-refractivity contribution in [2.45, 2.75) is 59.6 Å². The van der Waals surface area contributed by atoms with Gasteiger partial charge >= 0.3 is 6.09 Å². The van der Waals surface area contributed by atoms with Gasteiger partial charge in [0.15, 0.2) is 0 Å². The molecule has 1 atom stereocenters. The second-order valence-corrected chi connectivity index (χ2v) is 6.04. The lowest BCUT2D eigenvalue weighted by Gasteiger charge is -2.22. The molecule has 2 amide bonds. The van der Waals surface area contributed by atoms with Crippen LogP contribution >= 0.6 is 0 Å². The Kier molecular flexibility index (Phi) is 9.01. The van der Waals surface area contributed by atoms with Crippen molar-refractivity contribution in [3.8, 4) is 0 Å². The molecule has 0 rings (SSSR count). The van der Waals surface area contributed by atoms with Gasteiger partial charge in [0.25, 0.3) is 0 Å². The van der Waals surface area contributed by atoms with E-state index in [0.717, 1.165) is 26.1 Å². The molecule has 0 saturated carbocycles. The summed E-state index contributed by atoms with van der Waals surface area (Å²) in [6, 6.07) is -0.603. The van der Waals surface area contributed by atoms with E-state index in [1.54, 1.807) is 27.7 Å². The molecule has 0 aromatic carbocycles. The number of carbonyl (C=O) groups is 2. The Bertz CT molecular complexity index is 323. The highest BCUT2D eigenvalue weighted by Gasteiger charge is 2.20. The zero-order valence-corrected chi connectivity index (χ0v) is 14.3. The Labute approximate surface area is 128 Å². The standard InChI is InChI=1S/C15H31N3O3/c1-7-18(8-2)11-9-10-16-13(19)12(3)17-14(20)21-15(4,5)6/h12H,7-11H2,1-6H3,(H,16,19)(H,17,20). The fourth-order valence-electron chi connectivity index (χ4n) is 1.76. The Morgan fingerprint density at radius 1 is 1.19 bits per heavy atom. The number of amides is 2. The summed E-state index contributed by atoms with van der Waals surface area (Å²) < 4.78 is 5.11. The molecule has 0 aliphatic rings. The molecule has 0 fully saturated rings. The van der Waals surface area contributed by atoms with E-state index in [2.05, 4.69) is 29.4 Å². The molecule has 0 bridgehead atoms. The number of hydrogen-bond donors (Lipinski definition) is 2. The third-order valence-corrected chi connectivity index (χ3v) is 2.97. The molecule has 0 aliphatic heterocycles. The fraction of sp³-hybridized carbons (Fsp3) is 0.867. The lowest BCUT2D eigenvalue weighted by Crippen LogP contribution is -2.46. The van der Waals surface area contributed by atoms with Crippen LogP contribution in [0.15, 0.2) is 0 Å². The lowest BCUT2D eigenvalue weighted by atomic mass is 10.2. The molecule has 0 aliphatic carbocycles. The first-order chi connectivity index (χ1) is 9.69. The molecule has 6 nitrogen and oxygen atoms in total. The predicted octanol–water partition coefficient (Wildman–Crippen LogP) is 1.75. The molecular formula is C15H31N3O3. The molecule has 0 saturated heterocycles. The van der Waals surface area contributed by atoms with Crippen molar-refractivity contribution < 1.29 is 14.3 Å². The van der Waals surface area contributed by atoms with E-state index in [0.29, 0.717) is 6.54 Å². The van der Waals surface area contributed by atoms with Crippen LogP contribution in [-0.4, -0.2) is 54.7 Å². The van der Waals surface area contributed by atoms with Gasteiger partial charge < -0.3 is 20.3 Å². The maximum Gasteiger partial charge on any atom is 0.408 e. The summed E-state index contributed by atoms with van der Waals surface area (Å²) in [7, 11) is 0. The van der Waals surface area contributed by atoms with Crippen LogP contribution in [0.4, 0.5) is 4.79 Å². The summed E-state index contributed by atoms with van der Waals surface area (Å²) in [5, 5.41) is 5.34. The molecule has 0 spiro atoms. The molecule has 124 valence electrons. The summed E-state index contributed by atoms with van der Waals surface area (Å²) in [5.41, 5.74) is -0.565. The van der Waals surface area contributed by atoms with Gasteiger partial charge in [-0.3, -0.25) is 4.79 Å². The third-order valence-electron chi connectivity index (χ3n) is 2.97. The summed E-state index contributed by atoms with van der Waals surface area (Å²) >= 11 is 0. The Morgan fingerprint density at radius 3 is 2.24 bits per heavy atom. The molecule has 0 aromatic heterocycles. The zero-order chi connectivity index (χ0) is 16.5. The van der Waals surface area contributed by atoms with E-state index in [1.807, 2.05) is 0 Å². The minimum Gasteiger partial charge on any atom is -0.444 e. The fourth-order valence-corrected chi connectivity index (χ4v) is 1.76. The highest BCUT2D eigenvalue weighted by atomic mass is 16.6. The topological polar surface area (TPSA) is 70.7 Å². The van der Waals surface area contributed by atoms with E-state index in [-0.39, 0.29) is 5.91 Å². The molecule has 2 N–H and O–H groups in total. The summed E-state index contributed by atoms with van der Waals surface area (Å²) in [5.74, 6) is -0.194. The van der Waals surface area contributed by atoms with Crippen LogP contribution in [0.2, 0.25) is 0 Å². The van der Waals surface area contributed by atoms with Crippen molar-refractivity contribution in [2.75, 3.05) is 26.2 Å². The average Bonchev–Trinajstić information content (AvgIpc) is 2.36. The summed E-state index contributed by atoms with van der Waals surface area (Å²) in [6.07, 6.45) is 0.320. The van der Waals surface area contributed by atoms with Crippen LogP contribution in [0.25, 0.3) is 0 Å². The van der Waals surface area contributed by atoms with Gasteiger partial charge in [-0.15, -0.1) is 0 Å². The van der Waals surface area contributed by atoms with Crippen LogP contribution in [0.3, 0.4) is 0 Å². The third kappa shape index (κ3) is 10.1.